The molecule has 0 aliphatic carbocycles. The maximum atomic E-state index is 12.8. The second-order valence-electron chi connectivity index (χ2n) is 6.73. The highest BCUT2D eigenvalue weighted by Gasteiger charge is 2.49. The normalized spacial score (nSPS) is 18.5. The Kier molecular flexibility index (Phi) is 6.13. The van der Waals surface area contributed by atoms with Crippen LogP contribution in [0.25, 0.3) is 0 Å². The number of amides is 4. The van der Waals surface area contributed by atoms with Crippen molar-refractivity contribution in [1.82, 2.24) is 10.2 Å². The minimum absolute atomic E-state index is 0.376. The fourth-order valence-corrected chi connectivity index (χ4v) is 3.03. The van der Waals surface area contributed by atoms with Crippen LogP contribution in [0.5, 0.6) is 5.75 Å². The van der Waals surface area contributed by atoms with Crippen LogP contribution in [0.3, 0.4) is 0 Å². The zero-order chi connectivity index (χ0) is 20.9. The quantitative estimate of drug-likeness (QED) is 0.525. The third kappa shape index (κ3) is 4.55. The molecule has 1 aliphatic heterocycles. The first-order chi connectivity index (χ1) is 13.9. The smallest absolute Gasteiger partial charge is 0.325 e. The van der Waals surface area contributed by atoms with E-state index in [1.807, 2.05) is 6.07 Å². The second kappa shape index (κ2) is 8.74. The number of urea groups is 1. The molecule has 1 aliphatic rings. The monoisotopic (exact) mass is 397 g/mol. The van der Waals surface area contributed by atoms with Crippen molar-refractivity contribution >= 4 is 23.5 Å². The van der Waals surface area contributed by atoms with Gasteiger partial charge in [-0.15, -0.1) is 0 Å². The summed E-state index contributed by atoms with van der Waals surface area (Å²) < 4.78 is 10.4. The molecule has 0 spiro atoms. The van der Waals surface area contributed by atoms with E-state index in [0.29, 0.717) is 30.2 Å². The summed E-state index contributed by atoms with van der Waals surface area (Å²) in [7, 11) is 1.59. The number of carbonyl (C=O) groups is 3. The van der Waals surface area contributed by atoms with E-state index in [4.69, 9.17) is 9.47 Å². The number of methoxy groups -OCH3 is 1. The Morgan fingerprint density at radius 1 is 1.07 bits per heavy atom. The third-order valence-corrected chi connectivity index (χ3v) is 4.62. The predicted octanol–water partition coefficient (Wildman–Crippen LogP) is 2.12. The molecule has 0 radical (unpaired) electrons. The molecule has 1 fully saturated rings. The van der Waals surface area contributed by atoms with Crippen molar-refractivity contribution in [3.63, 3.8) is 0 Å². The Morgan fingerprint density at radius 2 is 1.76 bits per heavy atom. The molecule has 1 heterocycles. The van der Waals surface area contributed by atoms with Gasteiger partial charge in [0.2, 0.25) is 5.91 Å². The summed E-state index contributed by atoms with van der Waals surface area (Å²) in [6, 6.07) is 15.1. The molecule has 0 bridgehead atoms. The summed E-state index contributed by atoms with van der Waals surface area (Å²) >= 11 is 0. The van der Waals surface area contributed by atoms with Crippen molar-refractivity contribution in [2.24, 2.45) is 0 Å². The molecule has 29 heavy (non-hydrogen) atoms. The molecule has 0 aromatic heterocycles. The van der Waals surface area contributed by atoms with Crippen molar-refractivity contribution in [2.45, 2.75) is 12.5 Å². The molecule has 4 amide bonds. The molecule has 152 valence electrons. The van der Waals surface area contributed by atoms with E-state index in [9.17, 15) is 14.4 Å². The SMILES string of the molecule is COCCOc1ccc(NC(=O)CN2C(=O)NC(C)(c3ccccc3)C2=O)cc1. The summed E-state index contributed by atoms with van der Waals surface area (Å²) in [5, 5.41) is 5.36. The Hall–Kier alpha value is -3.39. The first-order valence-electron chi connectivity index (χ1n) is 9.15. The predicted molar refractivity (Wildman–Crippen MR) is 106 cm³/mol. The highest BCUT2D eigenvalue weighted by Crippen LogP contribution is 2.28. The van der Waals surface area contributed by atoms with Crippen LogP contribution >= 0.6 is 0 Å². The first-order valence-corrected chi connectivity index (χ1v) is 9.15. The minimum Gasteiger partial charge on any atom is -0.491 e. The van der Waals surface area contributed by atoms with E-state index in [-0.39, 0.29) is 6.54 Å². The molecule has 1 saturated heterocycles. The number of ether oxygens (including phenoxy) is 2. The lowest BCUT2D eigenvalue weighted by Gasteiger charge is -2.22. The fourth-order valence-electron chi connectivity index (χ4n) is 3.03. The van der Waals surface area contributed by atoms with Gasteiger partial charge in [0.15, 0.2) is 0 Å². The average Bonchev–Trinajstić information content (AvgIpc) is 2.94. The molecular formula is C21H23N3O5. The van der Waals surface area contributed by atoms with E-state index in [0.717, 1.165) is 4.90 Å². The number of nitrogens with zero attached hydrogens (tertiary/aromatic N) is 1. The van der Waals surface area contributed by atoms with Crippen LogP contribution in [0.1, 0.15) is 12.5 Å². The van der Waals surface area contributed by atoms with Gasteiger partial charge in [0.25, 0.3) is 5.91 Å². The van der Waals surface area contributed by atoms with Gasteiger partial charge in [-0.2, -0.15) is 0 Å². The molecule has 0 saturated carbocycles. The standard InChI is InChI=1S/C21H23N3O5/c1-21(15-6-4-3-5-7-15)19(26)24(20(27)23-21)14-18(25)22-16-8-10-17(11-9-16)29-13-12-28-2/h3-11H,12-14H2,1-2H3,(H,22,25)(H,23,27). The zero-order valence-corrected chi connectivity index (χ0v) is 16.3. The van der Waals surface area contributed by atoms with Crippen LogP contribution in [0.2, 0.25) is 0 Å². The van der Waals surface area contributed by atoms with Gasteiger partial charge in [0.1, 0.15) is 24.4 Å². The largest absolute Gasteiger partial charge is 0.491 e. The van der Waals surface area contributed by atoms with Crippen LogP contribution in [0, 0.1) is 0 Å². The van der Waals surface area contributed by atoms with Gasteiger partial charge in [0.05, 0.1) is 6.61 Å². The topological polar surface area (TPSA) is 97.0 Å². The average molecular weight is 397 g/mol. The number of hydrogen-bond donors (Lipinski definition) is 2. The summed E-state index contributed by atoms with van der Waals surface area (Å²) in [6.07, 6.45) is 0. The Bertz CT molecular complexity index is 885. The summed E-state index contributed by atoms with van der Waals surface area (Å²) in [4.78, 5) is 38.4. The Morgan fingerprint density at radius 3 is 2.41 bits per heavy atom. The van der Waals surface area contributed by atoms with Crippen molar-refractivity contribution in [3.05, 3.63) is 60.2 Å². The van der Waals surface area contributed by atoms with Crippen molar-refractivity contribution < 1.29 is 23.9 Å². The van der Waals surface area contributed by atoms with E-state index in [1.54, 1.807) is 62.6 Å². The highest BCUT2D eigenvalue weighted by molar-refractivity contribution is 6.10. The molecule has 8 nitrogen and oxygen atoms in total. The van der Waals surface area contributed by atoms with Crippen LogP contribution in [0.15, 0.2) is 54.6 Å². The van der Waals surface area contributed by atoms with Crippen molar-refractivity contribution in [2.75, 3.05) is 32.2 Å². The molecule has 2 aromatic carbocycles. The number of rotatable bonds is 8. The van der Waals surface area contributed by atoms with Crippen LogP contribution in [-0.4, -0.2) is 49.6 Å². The maximum Gasteiger partial charge on any atom is 0.325 e. The van der Waals surface area contributed by atoms with Gasteiger partial charge in [-0.05, 0) is 36.8 Å². The van der Waals surface area contributed by atoms with Crippen LogP contribution in [0.4, 0.5) is 10.5 Å². The van der Waals surface area contributed by atoms with Gasteiger partial charge in [-0.25, -0.2) is 4.79 Å². The molecule has 8 heteroatoms. The van der Waals surface area contributed by atoms with Gasteiger partial charge in [-0.3, -0.25) is 14.5 Å². The summed E-state index contributed by atoms with van der Waals surface area (Å²) in [5.74, 6) is -0.294. The lowest BCUT2D eigenvalue weighted by molar-refractivity contribution is -0.133. The maximum absolute atomic E-state index is 12.8. The molecule has 1 unspecified atom stereocenters. The molecule has 1 atom stereocenters. The molecular weight excluding hydrogens is 374 g/mol. The number of benzene rings is 2. The van der Waals surface area contributed by atoms with Crippen molar-refractivity contribution in [1.29, 1.82) is 0 Å². The molecule has 3 rings (SSSR count). The molecule has 2 N–H and O–H groups in total. The number of imide groups is 1. The van der Waals surface area contributed by atoms with E-state index < -0.39 is 23.4 Å². The lowest BCUT2D eigenvalue weighted by atomic mass is 9.92. The summed E-state index contributed by atoms with van der Waals surface area (Å²) in [5.41, 5.74) is -0.00270. The third-order valence-electron chi connectivity index (χ3n) is 4.62. The number of carbonyl (C=O) groups excluding carboxylic acids is 3. The second-order valence-corrected chi connectivity index (χ2v) is 6.73. The summed E-state index contributed by atoms with van der Waals surface area (Å²) in [6.45, 7) is 2.16. The van der Waals surface area contributed by atoms with E-state index in [1.165, 1.54) is 0 Å². The Labute approximate surface area is 168 Å². The van der Waals surface area contributed by atoms with Crippen LogP contribution in [-0.2, 0) is 19.9 Å². The number of nitrogens with one attached hydrogen (secondary N) is 2. The van der Waals surface area contributed by atoms with E-state index in [2.05, 4.69) is 10.6 Å². The highest BCUT2D eigenvalue weighted by atomic mass is 16.5. The number of hydrogen-bond acceptors (Lipinski definition) is 5. The van der Waals surface area contributed by atoms with Gasteiger partial charge in [0, 0.05) is 12.8 Å². The minimum atomic E-state index is -1.19. The first kappa shape index (κ1) is 20.3. The Balaban J connectivity index is 1.60. The van der Waals surface area contributed by atoms with E-state index >= 15 is 0 Å². The van der Waals surface area contributed by atoms with Crippen LogP contribution < -0.4 is 15.4 Å². The van der Waals surface area contributed by atoms with Crippen molar-refractivity contribution in [3.8, 4) is 5.75 Å². The fraction of sp³-hybridized carbons (Fsp3) is 0.286. The van der Waals surface area contributed by atoms with Gasteiger partial charge in [-0.1, -0.05) is 30.3 Å². The molecule has 2 aromatic rings. The van der Waals surface area contributed by atoms with Gasteiger partial charge >= 0.3 is 6.03 Å². The van der Waals surface area contributed by atoms with Gasteiger partial charge < -0.3 is 20.1 Å². The number of anilines is 1. The zero-order valence-electron chi connectivity index (χ0n) is 16.3. The lowest BCUT2D eigenvalue weighted by Crippen LogP contribution is -2.42.